The van der Waals surface area contributed by atoms with Crippen LogP contribution in [0.25, 0.3) is 0 Å². The van der Waals surface area contributed by atoms with Gasteiger partial charge in [-0.15, -0.1) is 0 Å². The van der Waals surface area contributed by atoms with Crippen LogP contribution >= 0.6 is 11.6 Å². The van der Waals surface area contributed by atoms with Crippen LogP contribution in [0.3, 0.4) is 0 Å². The highest BCUT2D eigenvalue weighted by molar-refractivity contribution is 6.30. The number of ether oxygens (including phenoxy) is 1. The average molecular weight is 364 g/mol. The quantitative estimate of drug-likeness (QED) is 0.426. The van der Waals surface area contributed by atoms with Gasteiger partial charge < -0.3 is 15.4 Å². The standard InChI is InChI=1S/C17H18ClN3O4/c1-12(25-14-8-6-13(18)7-9-14)17(22)20-11-10-19-15-4-2-3-5-16(15)21(23)24/h2-9,12,19H,10-11H2,1H3,(H,20,22)/t12-/m1/s1. The molecule has 0 aliphatic heterocycles. The highest BCUT2D eigenvalue weighted by Gasteiger charge is 2.15. The van der Waals surface area contributed by atoms with Gasteiger partial charge in [0.2, 0.25) is 0 Å². The zero-order valence-electron chi connectivity index (χ0n) is 13.6. The monoisotopic (exact) mass is 363 g/mol. The molecule has 2 aromatic carbocycles. The van der Waals surface area contributed by atoms with Crippen molar-refractivity contribution in [3.63, 3.8) is 0 Å². The summed E-state index contributed by atoms with van der Waals surface area (Å²) in [6.07, 6.45) is -0.674. The molecule has 1 atom stereocenters. The first-order valence-corrected chi connectivity index (χ1v) is 8.02. The maximum absolute atomic E-state index is 12.0. The molecule has 0 saturated heterocycles. The maximum atomic E-state index is 12.0. The van der Waals surface area contributed by atoms with Gasteiger partial charge in [-0.3, -0.25) is 14.9 Å². The predicted octanol–water partition coefficient (Wildman–Crippen LogP) is 3.24. The number of para-hydroxylation sites is 2. The Morgan fingerprint density at radius 2 is 1.88 bits per heavy atom. The minimum absolute atomic E-state index is 0.00623. The second-order valence-corrected chi connectivity index (χ2v) is 5.64. The second-order valence-electron chi connectivity index (χ2n) is 5.21. The SMILES string of the molecule is C[C@@H](Oc1ccc(Cl)cc1)C(=O)NCCNc1ccccc1[N+](=O)[O-]. The molecule has 0 aliphatic carbocycles. The first kappa shape index (κ1) is 18.5. The molecular weight excluding hydrogens is 346 g/mol. The van der Waals surface area contributed by atoms with E-state index in [1.807, 2.05) is 0 Å². The van der Waals surface area contributed by atoms with Gasteiger partial charge >= 0.3 is 0 Å². The topological polar surface area (TPSA) is 93.5 Å². The molecule has 25 heavy (non-hydrogen) atoms. The molecule has 1 amide bonds. The van der Waals surface area contributed by atoms with Gasteiger partial charge in [-0.2, -0.15) is 0 Å². The van der Waals surface area contributed by atoms with Gasteiger partial charge in [-0.25, -0.2) is 0 Å². The van der Waals surface area contributed by atoms with E-state index in [0.717, 1.165) is 0 Å². The number of carbonyl (C=O) groups excluding carboxylic acids is 1. The third-order valence-corrected chi connectivity index (χ3v) is 3.59. The van der Waals surface area contributed by atoms with Gasteiger partial charge in [-0.1, -0.05) is 23.7 Å². The third-order valence-electron chi connectivity index (χ3n) is 3.34. The fourth-order valence-electron chi connectivity index (χ4n) is 2.08. The summed E-state index contributed by atoms with van der Waals surface area (Å²) in [7, 11) is 0. The molecule has 0 bridgehead atoms. The van der Waals surface area contributed by atoms with Gasteiger partial charge in [0.25, 0.3) is 11.6 Å². The Hall–Kier alpha value is -2.80. The highest BCUT2D eigenvalue weighted by Crippen LogP contribution is 2.22. The van der Waals surface area contributed by atoms with Crippen molar-refractivity contribution in [3.05, 3.63) is 63.7 Å². The van der Waals surface area contributed by atoms with E-state index in [1.54, 1.807) is 49.4 Å². The summed E-state index contributed by atoms with van der Waals surface area (Å²) in [6, 6.07) is 13.1. The van der Waals surface area contributed by atoms with E-state index in [9.17, 15) is 14.9 Å². The zero-order chi connectivity index (χ0) is 18.2. The lowest BCUT2D eigenvalue weighted by Crippen LogP contribution is -2.38. The Labute approximate surface area is 150 Å². The van der Waals surface area contributed by atoms with Crippen molar-refractivity contribution in [1.29, 1.82) is 0 Å². The van der Waals surface area contributed by atoms with Crippen LogP contribution in [0.4, 0.5) is 11.4 Å². The zero-order valence-corrected chi connectivity index (χ0v) is 14.3. The Bertz CT molecular complexity index is 737. The van der Waals surface area contributed by atoms with E-state index >= 15 is 0 Å². The van der Waals surface area contributed by atoms with Crippen LogP contribution in [0.1, 0.15) is 6.92 Å². The molecular formula is C17H18ClN3O4. The number of nitro benzene ring substituents is 1. The molecule has 2 N–H and O–H groups in total. The lowest BCUT2D eigenvalue weighted by molar-refractivity contribution is -0.384. The first-order chi connectivity index (χ1) is 12.0. The van der Waals surface area contributed by atoms with Crippen LogP contribution in [0.15, 0.2) is 48.5 Å². The van der Waals surface area contributed by atoms with Crippen molar-refractivity contribution in [1.82, 2.24) is 5.32 Å². The summed E-state index contributed by atoms with van der Waals surface area (Å²) in [5, 5.41) is 17.1. The van der Waals surface area contributed by atoms with E-state index in [1.165, 1.54) is 6.07 Å². The van der Waals surface area contributed by atoms with Crippen molar-refractivity contribution in [2.24, 2.45) is 0 Å². The summed E-state index contributed by atoms with van der Waals surface area (Å²) in [6.45, 7) is 2.29. The summed E-state index contributed by atoms with van der Waals surface area (Å²) in [5.74, 6) is 0.268. The Kier molecular flexibility index (Phi) is 6.59. The van der Waals surface area contributed by atoms with Crippen molar-refractivity contribution in [3.8, 4) is 5.75 Å². The van der Waals surface area contributed by atoms with Crippen LogP contribution in [0.2, 0.25) is 5.02 Å². The minimum Gasteiger partial charge on any atom is -0.481 e. The normalized spacial score (nSPS) is 11.4. The van der Waals surface area contributed by atoms with Crippen LogP contribution in [-0.4, -0.2) is 30.0 Å². The van der Waals surface area contributed by atoms with Crippen LogP contribution in [0.5, 0.6) is 5.75 Å². The maximum Gasteiger partial charge on any atom is 0.292 e. The number of hydrogen-bond acceptors (Lipinski definition) is 5. The molecule has 0 unspecified atom stereocenters. The van der Waals surface area contributed by atoms with E-state index in [2.05, 4.69) is 10.6 Å². The van der Waals surface area contributed by atoms with Crippen LogP contribution in [0, 0.1) is 10.1 Å². The third kappa shape index (κ3) is 5.65. The molecule has 2 aromatic rings. The number of benzene rings is 2. The second kappa shape index (κ2) is 8.89. The largest absolute Gasteiger partial charge is 0.481 e. The van der Waals surface area contributed by atoms with E-state index < -0.39 is 11.0 Å². The first-order valence-electron chi connectivity index (χ1n) is 7.64. The number of nitrogens with zero attached hydrogens (tertiary/aromatic N) is 1. The summed E-state index contributed by atoms with van der Waals surface area (Å²) in [5.41, 5.74) is 0.403. The fourth-order valence-corrected chi connectivity index (χ4v) is 2.21. The van der Waals surface area contributed by atoms with E-state index in [-0.39, 0.29) is 11.6 Å². The summed E-state index contributed by atoms with van der Waals surface area (Å²) >= 11 is 5.79. The molecule has 132 valence electrons. The van der Waals surface area contributed by atoms with Crippen LogP contribution in [-0.2, 0) is 4.79 Å². The smallest absolute Gasteiger partial charge is 0.292 e. The van der Waals surface area contributed by atoms with Gasteiger partial charge in [0.05, 0.1) is 4.92 Å². The lowest BCUT2D eigenvalue weighted by atomic mass is 10.2. The summed E-state index contributed by atoms with van der Waals surface area (Å²) < 4.78 is 5.52. The lowest BCUT2D eigenvalue weighted by Gasteiger charge is -2.15. The van der Waals surface area contributed by atoms with Crippen molar-refractivity contribution < 1.29 is 14.5 Å². The Morgan fingerprint density at radius 1 is 1.20 bits per heavy atom. The molecule has 0 fully saturated rings. The van der Waals surface area contributed by atoms with Crippen molar-refractivity contribution in [2.75, 3.05) is 18.4 Å². The van der Waals surface area contributed by atoms with Crippen LogP contribution < -0.4 is 15.4 Å². The molecule has 0 radical (unpaired) electrons. The van der Waals surface area contributed by atoms with Gasteiger partial charge in [0.1, 0.15) is 11.4 Å². The number of carbonyl (C=O) groups is 1. The van der Waals surface area contributed by atoms with Crippen molar-refractivity contribution >= 4 is 28.9 Å². The molecule has 7 nitrogen and oxygen atoms in total. The molecule has 0 saturated carbocycles. The molecule has 0 aromatic heterocycles. The van der Waals surface area contributed by atoms with E-state index in [4.69, 9.17) is 16.3 Å². The van der Waals surface area contributed by atoms with Gasteiger partial charge in [0.15, 0.2) is 6.10 Å². The molecule has 2 rings (SSSR count). The minimum atomic E-state index is -0.674. The number of nitrogens with one attached hydrogen (secondary N) is 2. The molecule has 0 aliphatic rings. The Balaban J connectivity index is 1.76. The van der Waals surface area contributed by atoms with Crippen molar-refractivity contribution in [2.45, 2.75) is 13.0 Å². The predicted molar refractivity (Wildman–Crippen MR) is 96.1 cm³/mol. The summed E-state index contributed by atoms with van der Waals surface area (Å²) in [4.78, 5) is 22.5. The van der Waals surface area contributed by atoms with E-state index in [0.29, 0.717) is 29.5 Å². The number of halogens is 1. The average Bonchev–Trinajstić information content (AvgIpc) is 2.60. The number of anilines is 1. The molecule has 8 heteroatoms. The number of hydrogen-bond donors (Lipinski definition) is 2. The van der Waals surface area contributed by atoms with Gasteiger partial charge in [0, 0.05) is 24.2 Å². The molecule has 0 heterocycles. The van der Waals surface area contributed by atoms with Gasteiger partial charge in [-0.05, 0) is 37.3 Å². The Morgan fingerprint density at radius 3 is 2.56 bits per heavy atom. The number of rotatable bonds is 8. The number of amides is 1. The highest BCUT2D eigenvalue weighted by atomic mass is 35.5. The fraction of sp³-hybridized carbons (Fsp3) is 0.235. The molecule has 0 spiro atoms. The number of nitro groups is 1.